The minimum absolute atomic E-state index is 0.136. The summed E-state index contributed by atoms with van der Waals surface area (Å²) in [7, 11) is -3.48. The molecule has 0 aromatic heterocycles. The molecule has 0 radical (unpaired) electrons. The Balaban J connectivity index is 2.01. The molecule has 6 heteroatoms. The Morgan fingerprint density at radius 1 is 1.30 bits per heavy atom. The normalized spacial score (nSPS) is 19.9. The highest BCUT2D eigenvalue weighted by Crippen LogP contribution is 2.14. The number of sulfonamides is 1. The molecule has 5 nitrogen and oxygen atoms in total. The number of hydrogen-bond donors (Lipinski definition) is 2. The van der Waals surface area contributed by atoms with E-state index >= 15 is 0 Å². The smallest absolute Gasteiger partial charge is 0.240 e. The summed E-state index contributed by atoms with van der Waals surface area (Å²) in [5.41, 5.74) is 1.03. The van der Waals surface area contributed by atoms with Crippen LogP contribution in [-0.2, 0) is 21.2 Å². The number of aliphatic hydroxyl groups excluding tert-OH is 1. The first-order chi connectivity index (χ1) is 9.62. The monoisotopic (exact) mass is 299 g/mol. The van der Waals surface area contributed by atoms with Gasteiger partial charge in [-0.1, -0.05) is 12.1 Å². The Hall–Kier alpha value is -0.950. The molecule has 112 valence electrons. The second-order valence-electron chi connectivity index (χ2n) is 5.01. The number of hydrogen-bond acceptors (Lipinski definition) is 4. The van der Waals surface area contributed by atoms with Gasteiger partial charge < -0.3 is 9.84 Å². The molecule has 20 heavy (non-hydrogen) atoms. The van der Waals surface area contributed by atoms with Gasteiger partial charge in [-0.15, -0.1) is 0 Å². The fourth-order valence-electron chi connectivity index (χ4n) is 2.24. The van der Waals surface area contributed by atoms with E-state index in [2.05, 4.69) is 4.72 Å². The number of ether oxygens (including phenoxy) is 1. The molecule has 0 amide bonds. The summed E-state index contributed by atoms with van der Waals surface area (Å²) in [6.45, 7) is 1.29. The molecule has 1 unspecified atom stereocenters. The Bertz CT molecular complexity index is 506. The van der Waals surface area contributed by atoms with Gasteiger partial charge in [0.25, 0.3) is 0 Å². The van der Waals surface area contributed by atoms with Crippen molar-refractivity contribution in [3.8, 4) is 0 Å². The first-order valence-corrected chi connectivity index (χ1v) is 8.40. The van der Waals surface area contributed by atoms with E-state index in [1.54, 1.807) is 24.3 Å². The van der Waals surface area contributed by atoms with Crippen molar-refractivity contribution in [3.63, 3.8) is 0 Å². The lowest BCUT2D eigenvalue weighted by Crippen LogP contribution is -2.40. The Kier molecular flexibility index (Phi) is 5.54. The van der Waals surface area contributed by atoms with E-state index in [1.807, 2.05) is 0 Å². The standard InChI is InChI=1S/C14H21NO4S/c16-9-1-3-12-5-7-14(8-6-12)20(17,18)15-13-4-2-10-19-11-13/h5-8,13,15-16H,1-4,9-11H2. The summed E-state index contributed by atoms with van der Waals surface area (Å²) in [5.74, 6) is 0. The largest absolute Gasteiger partial charge is 0.396 e. The van der Waals surface area contributed by atoms with Gasteiger partial charge in [0.1, 0.15) is 0 Å². The first-order valence-electron chi connectivity index (χ1n) is 6.92. The van der Waals surface area contributed by atoms with Gasteiger partial charge in [0.05, 0.1) is 11.5 Å². The van der Waals surface area contributed by atoms with Gasteiger partial charge in [0, 0.05) is 19.3 Å². The molecule has 1 atom stereocenters. The van der Waals surface area contributed by atoms with E-state index in [0.717, 1.165) is 24.8 Å². The zero-order chi connectivity index (χ0) is 14.4. The van der Waals surface area contributed by atoms with Crippen molar-refractivity contribution >= 4 is 10.0 Å². The van der Waals surface area contributed by atoms with Crippen LogP contribution in [0.25, 0.3) is 0 Å². The predicted octanol–water partition coefficient (Wildman–Crippen LogP) is 1.07. The van der Waals surface area contributed by atoms with E-state index in [-0.39, 0.29) is 17.5 Å². The number of benzene rings is 1. The third-order valence-electron chi connectivity index (χ3n) is 3.34. The van der Waals surface area contributed by atoms with E-state index in [1.165, 1.54) is 0 Å². The summed E-state index contributed by atoms with van der Waals surface area (Å²) < 4.78 is 32.4. The second-order valence-corrected chi connectivity index (χ2v) is 6.72. The van der Waals surface area contributed by atoms with Crippen molar-refractivity contribution in [1.82, 2.24) is 4.72 Å². The molecule has 1 aromatic rings. The van der Waals surface area contributed by atoms with Gasteiger partial charge in [-0.05, 0) is 43.4 Å². The fourth-order valence-corrected chi connectivity index (χ4v) is 3.49. The van der Waals surface area contributed by atoms with Crippen LogP contribution in [0.2, 0.25) is 0 Å². The molecule has 0 aliphatic carbocycles. The highest BCUT2D eigenvalue weighted by molar-refractivity contribution is 7.89. The van der Waals surface area contributed by atoms with Gasteiger partial charge in [-0.25, -0.2) is 13.1 Å². The van der Waals surface area contributed by atoms with Crippen LogP contribution in [0.3, 0.4) is 0 Å². The maximum absolute atomic E-state index is 12.2. The van der Waals surface area contributed by atoms with Crippen molar-refractivity contribution < 1.29 is 18.3 Å². The molecular formula is C14H21NO4S. The Labute approximate surface area is 120 Å². The Morgan fingerprint density at radius 2 is 2.05 bits per heavy atom. The topological polar surface area (TPSA) is 75.6 Å². The lowest BCUT2D eigenvalue weighted by Gasteiger charge is -2.23. The van der Waals surface area contributed by atoms with Crippen LogP contribution in [-0.4, -0.2) is 39.4 Å². The van der Waals surface area contributed by atoms with Crippen molar-refractivity contribution in [2.75, 3.05) is 19.8 Å². The number of rotatable bonds is 6. The molecule has 2 N–H and O–H groups in total. The minimum atomic E-state index is -3.48. The van der Waals surface area contributed by atoms with Gasteiger partial charge in [0.15, 0.2) is 0 Å². The lowest BCUT2D eigenvalue weighted by atomic mass is 10.1. The maximum atomic E-state index is 12.2. The van der Waals surface area contributed by atoms with Crippen LogP contribution in [0.4, 0.5) is 0 Å². The van der Waals surface area contributed by atoms with Crippen LogP contribution >= 0.6 is 0 Å². The van der Waals surface area contributed by atoms with Crippen LogP contribution in [0.15, 0.2) is 29.2 Å². The van der Waals surface area contributed by atoms with Crippen molar-refractivity contribution in [1.29, 1.82) is 0 Å². The summed E-state index contributed by atoms with van der Waals surface area (Å²) in [6.07, 6.45) is 3.13. The van der Waals surface area contributed by atoms with E-state index in [4.69, 9.17) is 9.84 Å². The van der Waals surface area contributed by atoms with Crippen molar-refractivity contribution in [3.05, 3.63) is 29.8 Å². The SMILES string of the molecule is O=S(=O)(NC1CCCOC1)c1ccc(CCCO)cc1. The summed E-state index contributed by atoms with van der Waals surface area (Å²) in [6, 6.07) is 6.67. The van der Waals surface area contributed by atoms with Gasteiger partial charge >= 0.3 is 0 Å². The molecule has 1 saturated heterocycles. The molecule has 1 aliphatic rings. The predicted molar refractivity (Wildman–Crippen MR) is 76.0 cm³/mol. The molecule has 1 fully saturated rings. The van der Waals surface area contributed by atoms with Gasteiger partial charge in [-0.3, -0.25) is 0 Å². The first kappa shape index (κ1) is 15.4. The number of aryl methyl sites for hydroxylation is 1. The Morgan fingerprint density at radius 3 is 2.65 bits per heavy atom. The van der Waals surface area contributed by atoms with E-state index in [0.29, 0.717) is 19.6 Å². The lowest BCUT2D eigenvalue weighted by molar-refractivity contribution is 0.0774. The minimum Gasteiger partial charge on any atom is -0.396 e. The number of nitrogens with one attached hydrogen (secondary N) is 1. The zero-order valence-corrected chi connectivity index (χ0v) is 12.2. The molecule has 1 aromatic carbocycles. The highest BCUT2D eigenvalue weighted by atomic mass is 32.2. The summed E-state index contributed by atoms with van der Waals surface area (Å²) in [4.78, 5) is 0.274. The van der Waals surface area contributed by atoms with Crippen molar-refractivity contribution in [2.24, 2.45) is 0 Å². The molecule has 0 spiro atoms. The third kappa shape index (κ3) is 4.28. The number of aliphatic hydroxyl groups is 1. The zero-order valence-electron chi connectivity index (χ0n) is 11.4. The van der Waals surface area contributed by atoms with Crippen LogP contribution in [0.5, 0.6) is 0 Å². The molecule has 1 heterocycles. The molecule has 1 aliphatic heterocycles. The molecular weight excluding hydrogens is 278 g/mol. The molecule has 0 bridgehead atoms. The second kappa shape index (κ2) is 7.17. The quantitative estimate of drug-likeness (QED) is 0.824. The van der Waals surface area contributed by atoms with Crippen LogP contribution < -0.4 is 4.72 Å². The van der Waals surface area contributed by atoms with Crippen molar-refractivity contribution in [2.45, 2.75) is 36.6 Å². The van der Waals surface area contributed by atoms with Gasteiger partial charge in [-0.2, -0.15) is 0 Å². The van der Waals surface area contributed by atoms with Crippen LogP contribution in [0.1, 0.15) is 24.8 Å². The summed E-state index contributed by atoms with van der Waals surface area (Å²) in [5, 5.41) is 8.78. The third-order valence-corrected chi connectivity index (χ3v) is 4.88. The molecule has 0 saturated carbocycles. The van der Waals surface area contributed by atoms with E-state index < -0.39 is 10.0 Å². The summed E-state index contributed by atoms with van der Waals surface area (Å²) >= 11 is 0. The maximum Gasteiger partial charge on any atom is 0.240 e. The van der Waals surface area contributed by atoms with Gasteiger partial charge in [0.2, 0.25) is 10.0 Å². The van der Waals surface area contributed by atoms with E-state index in [9.17, 15) is 8.42 Å². The average Bonchev–Trinajstić information content (AvgIpc) is 2.46. The molecule has 2 rings (SSSR count). The van der Waals surface area contributed by atoms with Crippen LogP contribution in [0, 0.1) is 0 Å². The fraction of sp³-hybridized carbons (Fsp3) is 0.571. The average molecular weight is 299 g/mol. The highest BCUT2D eigenvalue weighted by Gasteiger charge is 2.22.